The largest absolute Gasteiger partial charge is 0.322 e. The summed E-state index contributed by atoms with van der Waals surface area (Å²) in [7, 11) is 0. The van der Waals surface area contributed by atoms with Crippen molar-refractivity contribution < 1.29 is 4.79 Å². The highest BCUT2D eigenvalue weighted by Gasteiger charge is 2.17. The zero-order chi connectivity index (χ0) is 17.1. The third kappa shape index (κ3) is 3.65. The van der Waals surface area contributed by atoms with Crippen molar-refractivity contribution in [3.05, 3.63) is 65.2 Å². The molecule has 124 valence electrons. The number of nitrogens with one attached hydrogen (secondary N) is 1. The first-order valence-corrected chi connectivity index (χ1v) is 7.98. The number of carbonyl (C=O) groups is 1. The van der Waals surface area contributed by atoms with Crippen molar-refractivity contribution in [2.75, 3.05) is 5.32 Å². The summed E-state index contributed by atoms with van der Waals surface area (Å²) in [6.07, 6.45) is 5.12. The first-order chi connectivity index (χ1) is 11.5. The van der Waals surface area contributed by atoms with E-state index in [1.165, 1.54) is 0 Å². The molecular weight excluding hydrogens is 326 g/mol. The number of anilines is 1. The predicted molar refractivity (Wildman–Crippen MR) is 93.1 cm³/mol. The lowest BCUT2D eigenvalue weighted by Crippen LogP contribution is -2.25. The van der Waals surface area contributed by atoms with Gasteiger partial charge in [-0.3, -0.25) is 14.2 Å². The molecule has 0 saturated heterocycles. The molecule has 6 nitrogen and oxygen atoms in total. The SMILES string of the molecule is Cc1ccnn1C(C)C(=O)Nc1cnn(Cc2ccc(Cl)cc2)c1. The van der Waals surface area contributed by atoms with Crippen molar-refractivity contribution in [3.8, 4) is 0 Å². The number of carbonyl (C=O) groups excluding carboxylic acids is 1. The van der Waals surface area contributed by atoms with Crippen molar-refractivity contribution in [2.45, 2.75) is 26.4 Å². The number of halogens is 1. The van der Waals surface area contributed by atoms with Crippen molar-refractivity contribution in [1.29, 1.82) is 0 Å². The fourth-order valence-corrected chi connectivity index (χ4v) is 2.56. The maximum absolute atomic E-state index is 12.3. The molecule has 0 fully saturated rings. The van der Waals surface area contributed by atoms with Gasteiger partial charge in [0.15, 0.2) is 0 Å². The summed E-state index contributed by atoms with van der Waals surface area (Å²) >= 11 is 5.88. The molecule has 0 bridgehead atoms. The van der Waals surface area contributed by atoms with Crippen LogP contribution >= 0.6 is 11.6 Å². The highest BCUT2D eigenvalue weighted by atomic mass is 35.5. The minimum atomic E-state index is -0.389. The molecule has 1 N–H and O–H groups in total. The van der Waals surface area contributed by atoms with Crippen LogP contribution in [0.1, 0.15) is 24.2 Å². The van der Waals surface area contributed by atoms with Gasteiger partial charge in [0, 0.05) is 23.1 Å². The number of nitrogens with zero attached hydrogens (tertiary/aromatic N) is 4. The second-order valence-electron chi connectivity index (χ2n) is 5.64. The Morgan fingerprint density at radius 3 is 2.67 bits per heavy atom. The summed E-state index contributed by atoms with van der Waals surface area (Å²) in [6.45, 7) is 4.34. The molecule has 0 saturated carbocycles. The van der Waals surface area contributed by atoms with Crippen molar-refractivity contribution in [1.82, 2.24) is 19.6 Å². The number of benzene rings is 1. The fraction of sp³-hybridized carbons (Fsp3) is 0.235. The average molecular weight is 344 g/mol. The van der Waals surface area contributed by atoms with Crippen LogP contribution in [0.3, 0.4) is 0 Å². The third-order valence-electron chi connectivity index (χ3n) is 3.77. The van der Waals surface area contributed by atoms with Crippen LogP contribution < -0.4 is 5.32 Å². The zero-order valence-electron chi connectivity index (χ0n) is 13.5. The Bertz CT molecular complexity index is 837. The summed E-state index contributed by atoms with van der Waals surface area (Å²) in [5.74, 6) is -0.132. The Kier molecular flexibility index (Phi) is 4.66. The smallest absolute Gasteiger partial charge is 0.249 e. The first kappa shape index (κ1) is 16.3. The lowest BCUT2D eigenvalue weighted by atomic mass is 10.2. The number of hydrogen-bond acceptors (Lipinski definition) is 3. The second-order valence-corrected chi connectivity index (χ2v) is 6.07. The third-order valence-corrected chi connectivity index (χ3v) is 4.03. The number of aryl methyl sites for hydroxylation is 1. The van der Waals surface area contributed by atoms with Gasteiger partial charge in [0.1, 0.15) is 6.04 Å². The fourth-order valence-electron chi connectivity index (χ4n) is 2.44. The van der Waals surface area contributed by atoms with E-state index < -0.39 is 0 Å². The van der Waals surface area contributed by atoms with Gasteiger partial charge in [0.25, 0.3) is 0 Å². The minimum absolute atomic E-state index is 0.132. The Morgan fingerprint density at radius 2 is 2.00 bits per heavy atom. The Hall–Kier alpha value is -2.60. The van der Waals surface area contributed by atoms with E-state index in [9.17, 15) is 4.79 Å². The molecular formula is C17H18ClN5O. The molecule has 1 aromatic carbocycles. The van der Waals surface area contributed by atoms with E-state index in [1.54, 1.807) is 28.0 Å². The van der Waals surface area contributed by atoms with Crippen LogP contribution in [-0.2, 0) is 11.3 Å². The van der Waals surface area contributed by atoms with Crippen LogP contribution in [0.15, 0.2) is 48.9 Å². The maximum atomic E-state index is 12.3. The van der Waals surface area contributed by atoms with Crippen molar-refractivity contribution in [3.63, 3.8) is 0 Å². The van der Waals surface area contributed by atoms with Crippen LogP contribution in [0, 0.1) is 6.92 Å². The van der Waals surface area contributed by atoms with Gasteiger partial charge in [0.05, 0.1) is 18.4 Å². The van der Waals surface area contributed by atoms with Crippen LogP contribution in [0.2, 0.25) is 5.02 Å². The molecule has 0 spiro atoms. The van der Waals surface area contributed by atoms with E-state index in [2.05, 4.69) is 15.5 Å². The monoisotopic (exact) mass is 343 g/mol. The van der Waals surface area contributed by atoms with Crippen LogP contribution in [-0.4, -0.2) is 25.5 Å². The Labute approximate surface area is 145 Å². The molecule has 1 amide bonds. The summed E-state index contributed by atoms with van der Waals surface area (Å²) in [5, 5.41) is 12.0. The highest BCUT2D eigenvalue weighted by Crippen LogP contribution is 2.14. The van der Waals surface area contributed by atoms with Crippen molar-refractivity contribution >= 4 is 23.2 Å². The molecule has 24 heavy (non-hydrogen) atoms. The summed E-state index contributed by atoms with van der Waals surface area (Å²) < 4.78 is 3.45. The zero-order valence-corrected chi connectivity index (χ0v) is 14.2. The minimum Gasteiger partial charge on any atom is -0.322 e. The molecule has 2 heterocycles. The molecule has 3 aromatic rings. The van der Waals surface area contributed by atoms with Gasteiger partial charge < -0.3 is 5.32 Å². The van der Waals surface area contributed by atoms with E-state index in [-0.39, 0.29) is 11.9 Å². The van der Waals surface area contributed by atoms with Gasteiger partial charge >= 0.3 is 0 Å². The summed E-state index contributed by atoms with van der Waals surface area (Å²) in [4.78, 5) is 12.3. The lowest BCUT2D eigenvalue weighted by molar-refractivity contribution is -0.119. The summed E-state index contributed by atoms with van der Waals surface area (Å²) in [6, 6.07) is 9.07. The van der Waals surface area contributed by atoms with Gasteiger partial charge in [-0.25, -0.2) is 0 Å². The van der Waals surface area contributed by atoms with E-state index >= 15 is 0 Å². The molecule has 1 unspecified atom stereocenters. The average Bonchev–Trinajstić information content (AvgIpc) is 3.18. The molecule has 7 heteroatoms. The molecule has 0 aliphatic carbocycles. The highest BCUT2D eigenvalue weighted by molar-refractivity contribution is 6.30. The van der Waals surface area contributed by atoms with Crippen LogP contribution in [0.5, 0.6) is 0 Å². The molecule has 2 aromatic heterocycles. The van der Waals surface area contributed by atoms with E-state index in [4.69, 9.17) is 11.6 Å². The van der Waals surface area contributed by atoms with E-state index in [1.807, 2.05) is 44.2 Å². The number of hydrogen-bond donors (Lipinski definition) is 1. The van der Waals surface area contributed by atoms with Gasteiger partial charge in [-0.05, 0) is 37.6 Å². The van der Waals surface area contributed by atoms with Crippen molar-refractivity contribution in [2.24, 2.45) is 0 Å². The topological polar surface area (TPSA) is 64.7 Å². The molecule has 0 radical (unpaired) electrons. The van der Waals surface area contributed by atoms with Gasteiger partial charge in [-0.1, -0.05) is 23.7 Å². The number of aromatic nitrogens is 4. The standard InChI is InChI=1S/C17H18ClN5O/c1-12-7-8-19-23(12)13(2)17(24)21-16-9-20-22(11-16)10-14-3-5-15(18)6-4-14/h3-9,11,13H,10H2,1-2H3,(H,21,24). The maximum Gasteiger partial charge on any atom is 0.249 e. The van der Waals surface area contributed by atoms with E-state index in [0.717, 1.165) is 11.3 Å². The Morgan fingerprint density at radius 1 is 1.25 bits per heavy atom. The van der Waals surface area contributed by atoms with Gasteiger partial charge in [-0.15, -0.1) is 0 Å². The molecule has 1 atom stereocenters. The normalized spacial score (nSPS) is 12.1. The number of amides is 1. The van der Waals surface area contributed by atoms with Gasteiger partial charge in [0.2, 0.25) is 5.91 Å². The Balaban J connectivity index is 1.64. The molecule has 3 rings (SSSR count). The number of rotatable bonds is 5. The summed E-state index contributed by atoms with van der Waals surface area (Å²) in [5.41, 5.74) is 2.68. The first-order valence-electron chi connectivity index (χ1n) is 7.61. The van der Waals surface area contributed by atoms with Gasteiger partial charge in [-0.2, -0.15) is 10.2 Å². The molecule has 0 aliphatic heterocycles. The predicted octanol–water partition coefficient (Wildman–Crippen LogP) is 3.29. The molecule has 0 aliphatic rings. The van der Waals surface area contributed by atoms with E-state index in [0.29, 0.717) is 17.3 Å². The quantitative estimate of drug-likeness (QED) is 0.773. The second kappa shape index (κ2) is 6.88. The van der Waals surface area contributed by atoms with Crippen LogP contribution in [0.25, 0.3) is 0 Å². The lowest BCUT2D eigenvalue weighted by Gasteiger charge is -2.13. The van der Waals surface area contributed by atoms with Crippen LogP contribution in [0.4, 0.5) is 5.69 Å².